The lowest BCUT2D eigenvalue weighted by Crippen LogP contribution is -2.43. The summed E-state index contributed by atoms with van der Waals surface area (Å²) < 4.78 is 2.16. The number of carbonyl (C=O) groups is 1. The van der Waals surface area contributed by atoms with E-state index in [4.69, 9.17) is 10.2 Å². The minimum Gasteiger partial charge on any atom is -0.345 e. The van der Waals surface area contributed by atoms with Gasteiger partial charge in [0.25, 0.3) is 0 Å². The highest BCUT2D eigenvalue weighted by Crippen LogP contribution is 2.33. The number of nitrogens with zero attached hydrogens (tertiary/aromatic N) is 5. The Labute approximate surface area is 174 Å². The fourth-order valence-corrected chi connectivity index (χ4v) is 4.38. The van der Waals surface area contributed by atoms with Crippen LogP contribution in [0.2, 0.25) is 0 Å². The predicted octanol–water partition coefficient (Wildman–Crippen LogP) is 3.28. The van der Waals surface area contributed by atoms with Gasteiger partial charge in [-0.25, -0.2) is 9.97 Å². The molecule has 0 spiro atoms. The second-order valence-electron chi connectivity index (χ2n) is 8.04. The van der Waals surface area contributed by atoms with E-state index in [2.05, 4.69) is 27.4 Å². The highest BCUT2D eigenvalue weighted by Gasteiger charge is 2.32. The maximum atomic E-state index is 13.0. The number of carbonyl (C=O) groups excluding carboxylic acids is 1. The molecule has 2 atom stereocenters. The van der Waals surface area contributed by atoms with E-state index in [1.807, 2.05) is 41.7 Å². The molecule has 1 aromatic carbocycles. The number of nitriles is 1. The first kappa shape index (κ1) is 18.4. The number of piperidine rings is 1. The van der Waals surface area contributed by atoms with E-state index >= 15 is 0 Å². The topological polar surface area (TPSA) is 90.1 Å². The van der Waals surface area contributed by atoms with Crippen molar-refractivity contribution in [3.63, 3.8) is 0 Å². The highest BCUT2D eigenvalue weighted by atomic mass is 16.2. The zero-order valence-electron chi connectivity index (χ0n) is 16.7. The van der Waals surface area contributed by atoms with Gasteiger partial charge in [0.05, 0.1) is 41.5 Å². The average Bonchev–Trinajstić information content (AvgIpc) is 3.41. The number of aromatic nitrogens is 4. The van der Waals surface area contributed by atoms with Gasteiger partial charge < -0.3 is 9.88 Å². The van der Waals surface area contributed by atoms with Crippen molar-refractivity contribution in [2.24, 2.45) is 5.92 Å². The number of hydrogen-bond acceptors (Lipinski definition) is 4. The van der Waals surface area contributed by atoms with Crippen molar-refractivity contribution >= 4 is 22.6 Å². The number of imidazole rings is 1. The summed E-state index contributed by atoms with van der Waals surface area (Å²) in [6.07, 6.45) is 6.87. The van der Waals surface area contributed by atoms with Crippen LogP contribution in [0.4, 0.5) is 0 Å². The minimum atomic E-state index is 0.117. The quantitative estimate of drug-likeness (QED) is 0.573. The number of nitrogens with one attached hydrogen (secondary N) is 1. The molecule has 4 aromatic rings. The van der Waals surface area contributed by atoms with Crippen LogP contribution in [0.1, 0.15) is 36.2 Å². The lowest BCUT2D eigenvalue weighted by molar-refractivity contribution is -0.132. The molecule has 0 radical (unpaired) electrons. The predicted molar refractivity (Wildman–Crippen MR) is 113 cm³/mol. The summed E-state index contributed by atoms with van der Waals surface area (Å²) in [5.41, 5.74) is 4.34. The number of rotatable bonds is 3. The number of amides is 1. The van der Waals surface area contributed by atoms with Gasteiger partial charge in [0.15, 0.2) is 5.65 Å². The maximum absolute atomic E-state index is 13.0. The Morgan fingerprint density at radius 1 is 1.23 bits per heavy atom. The molecule has 0 unspecified atom stereocenters. The summed E-state index contributed by atoms with van der Waals surface area (Å²) in [7, 11) is 0. The standard InChI is InChI=1S/C23H22N6O/c1-15-7-9-28(21(30)10-16-2-4-17(11-24)5-3-16)14-19(15)23-27-13-18-12-26-22-20(29(18)23)6-8-25-22/h2-6,8,12-13,15,19,25H,7,9-10,14H2,1H3/t15-,19+/m1/s1. The smallest absolute Gasteiger partial charge is 0.227 e. The van der Waals surface area contributed by atoms with Gasteiger partial charge >= 0.3 is 0 Å². The molecule has 4 heterocycles. The molecule has 150 valence electrons. The zero-order chi connectivity index (χ0) is 20.7. The minimum absolute atomic E-state index is 0.117. The molecule has 5 rings (SSSR count). The Morgan fingerprint density at radius 3 is 2.83 bits per heavy atom. The molecule has 1 aliphatic rings. The average molecular weight is 398 g/mol. The van der Waals surface area contributed by atoms with Gasteiger partial charge in [0, 0.05) is 25.2 Å². The van der Waals surface area contributed by atoms with E-state index in [1.54, 1.807) is 12.1 Å². The summed E-state index contributed by atoms with van der Waals surface area (Å²) in [6.45, 7) is 3.66. The number of likely N-dealkylation sites (tertiary alicyclic amines) is 1. The van der Waals surface area contributed by atoms with Gasteiger partial charge in [-0.3, -0.25) is 9.20 Å². The van der Waals surface area contributed by atoms with Crippen molar-refractivity contribution < 1.29 is 4.79 Å². The second kappa shape index (κ2) is 7.30. The fraction of sp³-hybridized carbons (Fsp3) is 0.304. The molecule has 1 amide bonds. The maximum Gasteiger partial charge on any atom is 0.227 e. The van der Waals surface area contributed by atoms with E-state index in [0.29, 0.717) is 24.4 Å². The largest absolute Gasteiger partial charge is 0.345 e. The third kappa shape index (κ3) is 3.11. The van der Waals surface area contributed by atoms with E-state index in [1.165, 1.54) is 0 Å². The molecule has 3 aromatic heterocycles. The summed E-state index contributed by atoms with van der Waals surface area (Å²) in [4.78, 5) is 27.3. The van der Waals surface area contributed by atoms with Gasteiger partial charge in [0.1, 0.15) is 5.82 Å². The summed E-state index contributed by atoms with van der Waals surface area (Å²) in [5, 5.41) is 8.95. The molecule has 0 aliphatic carbocycles. The lowest BCUT2D eigenvalue weighted by atomic mass is 9.86. The first-order valence-electron chi connectivity index (χ1n) is 10.2. The summed E-state index contributed by atoms with van der Waals surface area (Å²) >= 11 is 0. The number of fused-ring (bicyclic) bond motifs is 3. The Bertz CT molecular complexity index is 1260. The Balaban J connectivity index is 1.41. The SMILES string of the molecule is C[C@@H]1CCN(C(=O)Cc2ccc(C#N)cc2)C[C@@H]1c1ncc2cnc3[nH]ccc3n12. The van der Waals surface area contributed by atoms with Crippen LogP contribution in [-0.4, -0.2) is 43.2 Å². The third-order valence-corrected chi connectivity index (χ3v) is 6.17. The zero-order valence-corrected chi connectivity index (χ0v) is 16.7. The van der Waals surface area contributed by atoms with Crippen molar-refractivity contribution in [2.45, 2.75) is 25.7 Å². The molecule has 1 fully saturated rings. The van der Waals surface area contributed by atoms with E-state index in [0.717, 1.165) is 41.0 Å². The van der Waals surface area contributed by atoms with Crippen LogP contribution in [-0.2, 0) is 11.2 Å². The van der Waals surface area contributed by atoms with E-state index in [9.17, 15) is 4.79 Å². The molecule has 0 saturated carbocycles. The van der Waals surface area contributed by atoms with Gasteiger partial charge in [-0.1, -0.05) is 19.1 Å². The van der Waals surface area contributed by atoms with Gasteiger partial charge in [-0.15, -0.1) is 0 Å². The molecule has 1 N–H and O–H groups in total. The molecule has 7 heteroatoms. The van der Waals surface area contributed by atoms with Crippen LogP contribution in [0.25, 0.3) is 16.7 Å². The van der Waals surface area contributed by atoms with Crippen LogP contribution < -0.4 is 0 Å². The fourth-order valence-electron chi connectivity index (χ4n) is 4.38. The third-order valence-electron chi connectivity index (χ3n) is 6.17. The second-order valence-corrected chi connectivity index (χ2v) is 8.04. The Hall–Kier alpha value is -3.66. The van der Waals surface area contributed by atoms with Crippen molar-refractivity contribution in [1.82, 2.24) is 24.3 Å². The van der Waals surface area contributed by atoms with Crippen LogP contribution in [0.5, 0.6) is 0 Å². The van der Waals surface area contributed by atoms with Crippen LogP contribution >= 0.6 is 0 Å². The summed E-state index contributed by atoms with van der Waals surface area (Å²) in [5.74, 6) is 1.69. The molecule has 0 bridgehead atoms. The van der Waals surface area contributed by atoms with Crippen molar-refractivity contribution in [2.75, 3.05) is 13.1 Å². The van der Waals surface area contributed by atoms with E-state index in [-0.39, 0.29) is 11.8 Å². The van der Waals surface area contributed by atoms with Gasteiger partial charge in [-0.05, 0) is 36.1 Å². The molecule has 30 heavy (non-hydrogen) atoms. The Morgan fingerprint density at radius 2 is 2.03 bits per heavy atom. The monoisotopic (exact) mass is 398 g/mol. The molecular formula is C23H22N6O. The first-order chi connectivity index (χ1) is 14.6. The number of aromatic amines is 1. The van der Waals surface area contributed by atoms with Crippen LogP contribution in [0.3, 0.4) is 0 Å². The molecule has 1 saturated heterocycles. The number of benzene rings is 1. The summed E-state index contributed by atoms with van der Waals surface area (Å²) in [6, 6.07) is 11.4. The highest BCUT2D eigenvalue weighted by molar-refractivity contribution is 5.79. The Kier molecular flexibility index (Phi) is 4.47. The molecule has 7 nitrogen and oxygen atoms in total. The number of hydrogen-bond donors (Lipinski definition) is 1. The van der Waals surface area contributed by atoms with Gasteiger partial charge in [-0.2, -0.15) is 5.26 Å². The van der Waals surface area contributed by atoms with Crippen molar-refractivity contribution in [3.8, 4) is 6.07 Å². The van der Waals surface area contributed by atoms with E-state index < -0.39 is 0 Å². The van der Waals surface area contributed by atoms with Crippen molar-refractivity contribution in [1.29, 1.82) is 5.26 Å². The normalized spacial score (nSPS) is 19.3. The first-order valence-corrected chi connectivity index (χ1v) is 10.2. The van der Waals surface area contributed by atoms with Crippen molar-refractivity contribution in [3.05, 3.63) is 65.9 Å². The van der Waals surface area contributed by atoms with Gasteiger partial charge in [0.2, 0.25) is 5.91 Å². The molecule has 1 aliphatic heterocycles. The lowest BCUT2D eigenvalue weighted by Gasteiger charge is -2.36. The van der Waals surface area contributed by atoms with Crippen LogP contribution in [0, 0.1) is 17.2 Å². The molecular weight excluding hydrogens is 376 g/mol. The number of H-pyrrole nitrogens is 1. The van der Waals surface area contributed by atoms with Crippen LogP contribution in [0.15, 0.2) is 48.9 Å².